The minimum absolute atomic E-state index is 0.480. The Kier molecular flexibility index (Phi) is 9.61. The highest BCUT2D eigenvalue weighted by Crippen LogP contribution is 2.47. The number of benzene rings is 10. The topological polar surface area (TPSA) is 55.9 Å². The van der Waals surface area contributed by atoms with Gasteiger partial charge in [0.1, 0.15) is 22.3 Å². The first-order chi connectivity index (χ1) is 35.1. The van der Waals surface area contributed by atoms with Crippen LogP contribution in [0.5, 0.6) is 0 Å². The van der Waals surface area contributed by atoms with Crippen molar-refractivity contribution in [1.82, 2.24) is 4.57 Å². The van der Waals surface area contributed by atoms with E-state index in [1.54, 1.807) is 11.8 Å². The molecule has 0 atom stereocenters. The largest absolute Gasteiger partial charge is 0.455 e. The lowest BCUT2D eigenvalue weighted by Gasteiger charge is -2.10. The van der Waals surface area contributed by atoms with E-state index in [1.807, 2.05) is 24.3 Å². The molecule has 0 radical (unpaired) electrons. The molecule has 0 spiro atoms. The number of rotatable bonds is 8. The molecule has 71 heavy (non-hydrogen) atoms. The summed E-state index contributed by atoms with van der Waals surface area (Å²) in [6.07, 6.45) is 0. The standard InChI is InChI=1S/C65H41N3O2S/c1-66-61(43-31-29-42(30-32-43)48-19-12-21-53-51-17-7-10-24-59(51)70-64(48)53)65-62(67-39-40-25-27-41(28-26-40)47-18-11-20-52-50-16-6-9-23-58(50)69-63(47)52)55-38-45(34-36-60(55)71-65)44-33-35-57-54(37-44)49-15-5-8-22-56(49)68(57)46-13-3-2-4-14-46/h2-38H,1,39H2/b65-61+,67-62-. The van der Waals surface area contributed by atoms with Gasteiger partial charge in [0.05, 0.1) is 33.9 Å². The third-order valence-corrected chi connectivity index (χ3v) is 15.2. The van der Waals surface area contributed by atoms with E-state index in [9.17, 15) is 0 Å². The second-order valence-corrected chi connectivity index (χ2v) is 19.1. The van der Waals surface area contributed by atoms with Crippen LogP contribution in [0.15, 0.2) is 253 Å². The van der Waals surface area contributed by atoms with E-state index in [0.29, 0.717) is 6.54 Å². The van der Waals surface area contributed by atoms with E-state index < -0.39 is 0 Å². The normalized spacial score (nSPS) is 13.9. The average Bonchev–Trinajstić information content (AvgIpc) is 4.20. The molecule has 1 aliphatic heterocycles. The lowest BCUT2D eigenvalue weighted by atomic mass is 9.97. The third-order valence-electron chi connectivity index (χ3n) is 14.0. The van der Waals surface area contributed by atoms with Crippen LogP contribution in [0.25, 0.3) is 110 Å². The van der Waals surface area contributed by atoms with Crippen LogP contribution in [0.4, 0.5) is 0 Å². The minimum atomic E-state index is 0.480. The molecule has 0 saturated heterocycles. The summed E-state index contributed by atoms with van der Waals surface area (Å²) < 4.78 is 15.2. The molecule has 0 saturated carbocycles. The number of allylic oxidation sites excluding steroid dienone is 1. The molecule has 0 N–H and O–H groups in total. The number of hydrogen-bond acceptors (Lipinski definition) is 5. The Balaban J connectivity index is 0.862. The first kappa shape index (κ1) is 41.0. The van der Waals surface area contributed by atoms with Crippen LogP contribution in [0.3, 0.4) is 0 Å². The van der Waals surface area contributed by atoms with Gasteiger partial charge in [-0.25, -0.2) is 0 Å². The molecule has 10 aromatic carbocycles. The molecule has 0 unspecified atom stereocenters. The fourth-order valence-electron chi connectivity index (χ4n) is 10.6. The maximum absolute atomic E-state index is 6.43. The van der Waals surface area contributed by atoms with Crippen molar-refractivity contribution >= 4 is 95.6 Å². The van der Waals surface area contributed by atoms with Crippen LogP contribution in [-0.2, 0) is 6.54 Å². The molecule has 0 amide bonds. The van der Waals surface area contributed by atoms with Gasteiger partial charge in [0.25, 0.3) is 0 Å². The zero-order chi connectivity index (χ0) is 47.0. The summed E-state index contributed by atoms with van der Waals surface area (Å²) in [6, 6.07) is 79.4. The zero-order valence-corrected chi connectivity index (χ0v) is 39.2. The summed E-state index contributed by atoms with van der Waals surface area (Å²) in [4.78, 5) is 12.4. The Morgan fingerprint density at radius 3 is 1.68 bits per heavy atom. The van der Waals surface area contributed by atoms with Gasteiger partial charge in [-0.1, -0.05) is 182 Å². The summed E-state index contributed by atoms with van der Waals surface area (Å²) in [5.41, 5.74) is 18.5. The second-order valence-electron chi connectivity index (χ2n) is 18.1. The number of nitrogens with zero attached hydrogens (tertiary/aromatic N) is 3. The molecule has 3 aromatic heterocycles. The molecule has 4 heterocycles. The van der Waals surface area contributed by atoms with E-state index in [2.05, 4.69) is 211 Å². The van der Waals surface area contributed by atoms with Crippen LogP contribution in [0.2, 0.25) is 0 Å². The lowest BCUT2D eigenvalue weighted by Crippen LogP contribution is -2.02. The van der Waals surface area contributed by atoms with E-state index in [1.165, 1.54) is 21.8 Å². The molecule has 5 nitrogen and oxygen atoms in total. The highest BCUT2D eigenvalue weighted by atomic mass is 32.2. The summed E-state index contributed by atoms with van der Waals surface area (Å²) in [6.45, 7) is 4.64. The van der Waals surface area contributed by atoms with Gasteiger partial charge in [-0.2, -0.15) is 0 Å². The number of furan rings is 2. The Hall–Kier alpha value is -8.97. The lowest BCUT2D eigenvalue weighted by molar-refractivity contribution is 0.669. The molecule has 1 aliphatic rings. The van der Waals surface area contributed by atoms with Gasteiger partial charge in [0, 0.05) is 65.2 Å². The maximum atomic E-state index is 6.43. The molecule has 0 bridgehead atoms. The van der Waals surface area contributed by atoms with Gasteiger partial charge in [-0.3, -0.25) is 9.98 Å². The fourth-order valence-corrected chi connectivity index (χ4v) is 11.8. The third kappa shape index (κ3) is 6.79. The monoisotopic (exact) mass is 927 g/mol. The van der Waals surface area contributed by atoms with E-state index in [0.717, 1.165) is 121 Å². The zero-order valence-electron chi connectivity index (χ0n) is 38.3. The predicted molar refractivity (Wildman–Crippen MR) is 297 cm³/mol. The van der Waals surface area contributed by atoms with Crippen LogP contribution >= 0.6 is 11.8 Å². The van der Waals surface area contributed by atoms with Crippen LogP contribution in [-0.4, -0.2) is 17.0 Å². The summed E-state index contributed by atoms with van der Waals surface area (Å²) in [5, 5.41) is 6.90. The second kappa shape index (κ2) is 16.6. The first-order valence-electron chi connectivity index (χ1n) is 23.8. The van der Waals surface area contributed by atoms with Crippen molar-refractivity contribution < 1.29 is 8.83 Å². The van der Waals surface area contributed by atoms with Crippen LogP contribution in [0.1, 0.15) is 16.7 Å². The Bertz CT molecular complexity index is 4340. The molecule has 14 rings (SSSR count). The summed E-state index contributed by atoms with van der Waals surface area (Å²) in [5.74, 6) is 0. The van der Waals surface area contributed by atoms with Crippen LogP contribution in [0, 0.1) is 0 Å². The van der Waals surface area contributed by atoms with Crippen molar-refractivity contribution in [2.24, 2.45) is 9.98 Å². The van der Waals surface area contributed by atoms with Gasteiger partial charge < -0.3 is 13.4 Å². The first-order valence-corrected chi connectivity index (χ1v) is 24.6. The van der Waals surface area contributed by atoms with E-state index >= 15 is 0 Å². The smallest absolute Gasteiger partial charge is 0.143 e. The summed E-state index contributed by atoms with van der Waals surface area (Å²) in [7, 11) is 0. The number of aliphatic imine (C=N–C) groups is 2. The van der Waals surface area contributed by atoms with Crippen molar-refractivity contribution in [3.8, 4) is 39.1 Å². The van der Waals surface area contributed by atoms with Gasteiger partial charge in [-0.05, 0) is 89.1 Å². The average molecular weight is 928 g/mol. The molecular weight excluding hydrogens is 887 g/mol. The van der Waals surface area contributed by atoms with E-state index in [4.69, 9.17) is 18.8 Å². The van der Waals surface area contributed by atoms with Gasteiger partial charge in [0.15, 0.2) is 0 Å². The van der Waals surface area contributed by atoms with E-state index in [-0.39, 0.29) is 0 Å². The maximum Gasteiger partial charge on any atom is 0.143 e. The van der Waals surface area contributed by atoms with Crippen molar-refractivity contribution in [2.45, 2.75) is 11.4 Å². The van der Waals surface area contributed by atoms with Crippen molar-refractivity contribution in [2.75, 3.05) is 0 Å². The number of aromatic nitrogens is 1. The van der Waals surface area contributed by atoms with Crippen LogP contribution < -0.4 is 0 Å². The van der Waals surface area contributed by atoms with Crippen molar-refractivity contribution in [1.29, 1.82) is 0 Å². The van der Waals surface area contributed by atoms with Gasteiger partial charge in [0.2, 0.25) is 0 Å². The SMILES string of the molecule is C=N/C(=C1/Sc2ccc(-c3ccc4c(c3)c3ccccc3n4-c3ccccc3)cc2/C1=N/Cc1ccc(-c2cccc3c2oc2ccccc23)cc1)c1ccc(-c2cccc3c2oc2ccccc23)cc1. The number of para-hydroxylation sites is 6. The van der Waals surface area contributed by atoms with Gasteiger partial charge in [-0.15, -0.1) is 0 Å². The van der Waals surface area contributed by atoms with Crippen molar-refractivity contribution in [3.05, 3.63) is 246 Å². The Labute approximate surface area is 413 Å². The molecule has 334 valence electrons. The summed E-state index contributed by atoms with van der Waals surface area (Å²) >= 11 is 1.71. The molecule has 6 heteroatoms. The predicted octanol–water partition coefficient (Wildman–Crippen LogP) is 17.7. The van der Waals surface area contributed by atoms with Gasteiger partial charge >= 0.3 is 0 Å². The highest BCUT2D eigenvalue weighted by Gasteiger charge is 2.29. The number of fused-ring (bicyclic) bond motifs is 10. The number of hydrogen-bond donors (Lipinski definition) is 0. The van der Waals surface area contributed by atoms with Crippen molar-refractivity contribution in [3.63, 3.8) is 0 Å². The fraction of sp³-hybridized carbons (Fsp3) is 0.0154. The Morgan fingerprint density at radius 2 is 1.00 bits per heavy atom. The molecule has 0 fully saturated rings. The quantitative estimate of drug-likeness (QED) is 0.143. The molecular formula is C65H41N3O2S. The minimum Gasteiger partial charge on any atom is -0.455 e. The number of thioether (sulfide) groups is 1. The molecule has 13 aromatic rings. The molecule has 0 aliphatic carbocycles. The Morgan fingerprint density at radius 1 is 0.451 bits per heavy atom. The highest BCUT2D eigenvalue weighted by molar-refractivity contribution is 8.05.